The first-order chi connectivity index (χ1) is 10.6. The summed E-state index contributed by atoms with van der Waals surface area (Å²) in [5, 5.41) is 22.6. The van der Waals surface area contributed by atoms with E-state index in [1.165, 1.54) is 5.56 Å². The van der Waals surface area contributed by atoms with Crippen molar-refractivity contribution in [3.05, 3.63) is 41.6 Å². The zero-order valence-corrected chi connectivity index (χ0v) is 12.5. The second kappa shape index (κ2) is 6.29. The van der Waals surface area contributed by atoms with E-state index in [9.17, 15) is 9.90 Å². The van der Waals surface area contributed by atoms with Gasteiger partial charge in [0.25, 0.3) is 5.91 Å². The van der Waals surface area contributed by atoms with Crippen molar-refractivity contribution in [2.24, 2.45) is 5.92 Å². The van der Waals surface area contributed by atoms with Gasteiger partial charge in [0.2, 0.25) is 0 Å². The minimum atomic E-state index is -0.398. The van der Waals surface area contributed by atoms with Gasteiger partial charge in [0.05, 0.1) is 11.8 Å². The molecule has 0 radical (unpaired) electrons. The third-order valence-corrected chi connectivity index (χ3v) is 4.00. The van der Waals surface area contributed by atoms with Crippen LogP contribution in [0.2, 0.25) is 0 Å². The highest BCUT2D eigenvalue weighted by Gasteiger charge is 2.25. The quantitative estimate of drug-likeness (QED) is 0.669. The van der Waals surface area contributed by atoms with Gasteiger partial charge in [-0.25, -0.2) is 0 Å². The summed E-state index contributed by atoms with van der Waals surface area (Å²) in [6.07, 6.45) is -0.398. The number of β-amino-alcohol motifs (C(OH)–C–C–N with tert-alkyl or cyclic N) is 1. The van der Waals surface area contributed by atoms with Gasteiger partial charge in [-0.05, 0) is 13.0 Å². The Morgan fingerprint density at radius 1 is 1.36 bits per heavy atom. The molecule has 1 aromatic carbocycles. The van der Waals surface area contributed by atoms with Crippen LogP contribution in [0.25, 0.3) is 11.3 Å². The molecule has 1 amide bonds. The molecular weight excluding hydrogens is 280 g/mol. The van der Waals surface area contributed by atoms with Gasteiger partial charge in [-0.2, -0.15) is 5.10 Å². The third kappa shape index (κ3) is 3.18. The highest BCUT2D eigenvalue weighted by Crippen LogP contribution is 2.18. The van der Waals surface area contributed by atoms with E-state index in [4.69, 9.17) is 0 Å². The Morgan fingerprint density at radius 2 is 2.14 bits per heavy atom. The molecule has 1 saturated heterocycles. The number of aryl methyl sites for hydroxylation is 1. The molecule has 6 heteroatoms. The van der Waals surface area contributed by atoms with E-state index in [1.54, 1.807) is 6.07 Å². The summed E-state index contributed by atoms with van der Waals surface area (Å²) in [4.78, 5) is 12.1. The molecule has 6 nitrogen and oxygen atoms in total. The number of hydrogen-bond acceptors (Lipinski definition) is 4. The number of carbonyl (C=O) groups is 1. The molecule has 0 bridgehead atoms. The van der Waals surface area contributed by atoms with Crippen LogP contribution in [0.4, 0.5) is 0 Å². The number of nitrogens with zero attached hydrogens (tertiary/aromatic N) is 1. The minimum absolute atomic E-state index is 0.0587. The number of H-pyrrole nitrogens is 1. The zero-order chi connectivity index (χ0) is 15.5. The van der Waals surface area contributed by atoms with Crippen LogP contribution in [0.3, 0.4) is 0 Å². The molecule has 4 N–H and O–H groups in total. The average molecular weight is 300 g/mol. The van der Waals surface area contributed by atoms with Gasteiger partial charge in [-0.1, -0.05) is 29.8 Å². The van der Waals surface area contributed by atoms with Crippen molar-refractivity contribution in [2.75, 3.05) is 19.6 Å². The van der Waals surface area contributed by atoms with Crippen LogP contribution < -0.4 is 10.6 Å². The van der Waals surface area contributed by atoms with Crippen LogP contribution in [0, 0.1) is 12.8 Å². The molecule has 1 aliphatic heterocycles. The predicted octanol–water partition coefficient (Wildman–Crippen LogP) is 0.695. The molecule has 0 saturated carbocycles. The van der Waals surface area contributed by atoms with E-state index in [0.717, 1.165) is 17.8 Å². The van der Waals surface area contributed by atoms with Crippen molar-refractivity contribution in [1.29, 1.82) is 0 Å². The molecule has 2 atom stereocenters. The maximum atomic E-state index is 12.1. The van der Waals surface area contributed by atoms with E-state index in [-0.39, 0.29) is 11.8 Å². The lowest BCUT2D eigenvalue weighted by molar-refractivity contribution is 0.0922. The number of aliphatic hydroxyl groups is 1. The van der Waals surface area contributed by atoms with E-state index in [2.05, 4.69) is 20.8 Å². The predicted molar refractivity (Wildman–Crippen MR) is 83.5 cm³/mol. The number of hydrogen-bond donors (Lipinski definition) is 4. The SMILES string of the molecule is Cc1ccc(-c2cc(C(=O)NCC3CNCC3O)[nH]n2)cc1. The lowest BCUT2D eigenvalue weighted by atomic mass is 10.1. The molecule has 1 fully saturated rings. The molecule has 0 aliphatic carbocycles. The van der Waals surface area contributed by atoms with E-state index in [0.29, 0.717) is 18.8 Å². The maximum Gasteiger partial charge on any atom is 0.269 e. The lowest BCUT2D eigenvalue weighted by Crippen LogP contribution is -2.34. The number of nitrogens with one attached hydrogen (secondary N) is 3. The largest absolute Gasteiger partial charge is 0.391 e. The summed E-state index contributed by atoms with van der Waals surface area (Å²) < 4.78 is 0. The van der Waals surface area contributed by atoms with Crippen LogP contribution in [0.1, 0.15) is 16.1 Å². The van der Waals surface area contributed by atoms with Gasteiger partial charge >= 0.3 is 0 Å². The molecule has 2 heterocycles. The number of amides is 1. The van der Waals surface area contributed by atoms with Crippen molar-refractivity contribution >= 4 is 5.91 Å². The fourth-order valence-corrected chi connectivity index (χ4v) is 2.56. The topological polar surface area (TPSA) is 90.0 Å². The van der Waals surface area contributed by atoms with Crippen molar-refractivity contribution in [1.82, 2.24) is 20.8 Å². The maximum absolute atomic E-state index is 12.1. The number of benzene rings is 1. The number of aliphatic hydroxyl groups excluding tert-OH is 1. The second-order valence-corrected chi connectivity index (χ2v) is 5.73. The fourth-order valence-electron chi connectivity index (χ4n) is 2.56. The van der Waals surface area contributed by atoms with Crippen LogP contribution in [-0.4, -0.2) is 46.9 Å². The summed E-state index contributed by atoms with van der Waals surface area (Å²) in [6.45, 7) is 3.78. The highest BCUT2D eigenvalue weighted by molar-refractivity contribution is 5.93. The Labute approximate surface area is 128 Å². The molecule has 0 spiro atoms. The Kier molecular flexibility index (Phi) is 4.22. The summed E-state index contributed by atoms with van der Waals surface area (Å²) in [6, 6.07) is 9.72. The number of carbonyl (C=O) groups excluding carboxylic acids is 1. The first-order valence-electron chi connectivity index (χ1n) is 7.43. The Hall–Kier alpha value is -2.18. The van der Waals surface area contributed by atoms with E-state index < -0.39 is 6.10 Å². The monoisotopic (exact) mass is 300 g/mol. The van der Waals surface area contributed by atoms with Crippen LogP contribution in [0.5, 0.6) is 0 Å². The molecule has 22 heavy (non-hydrogen) atoms. The molecule has 2 unspecified atom stereocenters. The van der Waals surface area contributed by atoms with E-state index >= 15 is 0 Å². The van der Waals surface area contributed by atoms with Crippen molar-refractivity contribution in [3.63, 3.8) is 0 Å². The molecule has 1 aliphatic rings. The summed E-state index contributed by atoms with van der Waals surface area (Å²) in [5.41, 5.74) is 3.32. The number of aromatic nitrogens is 2. The molecule has 1 aromatic heterocycles. The summed E-state index contributed by atoms with van der Waals surface area (Å²) in [5.74, 6) is -0.145. The lowest BCUT2D eigenvalue weighted by Gasteiger charge is -2.13. The van der Waals surface area contributed by atoms with Gasteiger partial charge in [-0.3, -0.25) is 9.89 Å². The Morgan fingerprint density at radius 3 is 2.82 bits per heavy atom. The first kappa shape index (κ1) is 14.7. The van der Waals surface area contributed by atoms with Crippen molar-refractivity contribution in [3.8, 4) is 11.3 Å². The number of rotatable bonds is 4. The summed E-state index contributed by atoms with van der Waals surface area (Å²) in [7, 11) is 0. The molecule has 3 rings (SSSR count). The Balaban J connectivity index is 1.63. The first-order valence-corrected chi connectivity index (χ1v) is 7.43. The third-order valence-electron chi connectivity index (χ3n) is 4.00. The van der Waals surface area contributed by atoms with Gasteiger partial charge in [0.15, 0.2) is 0 Å². The second-order valence-electron chi connectivity index (χ2n) is 5.73. The van der Waals surface area contributed by atoms with Gasteiger partial charge in [-0.15, -0.1) is 0 Å². The fraction of sp³-hybridized carbons (Fsp3) is 0.375. The molecule has 2 aromatic rings. The normalized spacial score (nSPS) is 21.0. The summed E-state index contributed by atoms with van der Waals surface area (Å²) >= 11 is 0. The number of aromatic amines is 1. The minimum Gasteiger partial charge on any atom is -0.391 e. The van der Waals surface area contributed by atoms with E-state index in [1.807, 2.05) is 31.2 Å². The highest BCUT2D eigenvalue weighted by atomic mass is 16.3. The van der Waals surface area contributed by atoms with Crippen molar-refractivity contribution < 1.29 is 9.90 Å². The molecule has 116 valence electrons. The smallest absolute Gasteiger partial charge is 0.269 e. The van der Waals surface area contributed by atoms with Crippen LogP contribution >= 0.6 is 0 Å². The molecular formula is C16H20N4O2. The Bertz CT molecular complexity index is 650. The van der Waals surface area contributed by atoms with Crippen LogP contribution in [0.15, 0.2) is 30.3 Å². The average Bonchev–Trinajstić information content (AvgIpc) is 3.15. The van der Waals surface area contributed by atoms with Crippen molar-refractivity contribution in [2.45, 2.75) is 13.0 Å². The van der Waals surface area contributed by atoms with Gasteiger partial charge in [0, 0.05) is 31.1 Å². The van der Waals surface area contributed by atoms with Gasteiger partial charge < -0.3 is 15.7 Å². The standard InChI is InChI=1S/C16H20N4O2/c1-10-2-4-11(5-3-10)13-6-14(20-19-13)16(22)18-8-12-7-17-9-15(12)21/h2-6,12,15,17,21H,7-9H2,1H3,(H,18,22)(H,19,20). The zero-order valence-electron chi connectivity index (χ0n) is 12.5. The van der Waals surface area contributed by atoms with Crippen LogP contribution in [-0.2, 0) is 0 Å². The van der Waals surface area contributed by atoms with Gasteiger partial charge in [0.1, 0.15) is 5.69 Å².